The molecule has 4 N–H and O–H groups in total. The Morgan fingerprint density at radius 3 is 1.06 bits per heavy atom. The van der Waals surface area contributed by atoms with Gasteiger partial charge in [-0.15, -0.1) is 0 Å². The average molecular weight is 668 g/mol. The van der Waals surface area contributed by atoms with Gasteiger partial charge >= 0.3 is 0 Å². The van der Waals surface area contributed by atoms with Crippen LogP contribution in [0.4, 0.5) is 0 Å². The molecular formula is C42H36Cl2N4. The Labute approximate surface area is 292 Å². The van der Waals surface area contributed by atoms with Crippen LogP contribution in [0.15, 0.2) is 158 Å². The topological polar surface area (TPSA) is 48.1 Å². The van der Waals surface area contributed by atoms with E-state index in [0.29, 0.717) is 0 Å². The minimum atomic E-state index is -0.0807. The SMILES string of the molecule is Clc1ccccc1C1NC(c2ccccc2)C(c2cccc(-c3cccc(C4NC(c5ccccc5Cl)NC4c4ccccc4)c3)c2)N1. The van der Waals surface area contributed by atoms with E-state index >= 15 is 0 Å². The third-order valence-corrected chi connectivity index (χ3v) is 10.3. The molecule has 0 radical (unpaired) electrons. The van der Waals surface area contributed by atoms with Crippen molar-refractivity contribution in [2.75, 3.05) is 0 Å². The van der Waals surface area contributed by atoms with Crippen LogP contribution < -0.4 is 21.3 Å². The molecule has 6 atom stereocenters. The maximum Gasteiger partial charge on any atom is 0.0860 e. The number of nitrogens with one attached hydrogen (secondary N) is 4. The van der Waals surface area contributed by atoms with E-state index in [0.717, 1.165) is 21.2 Å². The summed E-state index contributed by atoms with van der Waals surface area (Å²) in [7, 11) is 0. The molecule has 2 fully saturated rings. The summed E-state index contributed by atoms with van der Waals surface area (Å²) in [5.41, 5.74) is 9.35. The van der Waals surface area contributed by atoms with Gasteiger partial charge in [0.15, 0.2) is 0 Å². The Kier molecular flexibility index (Phi) is 8.85. The lowest BCUT2D eigenvalue weighted by Gasteiger charge is -2.22. The van der Waals surface area contributed by atoms with Crippen molar-refractivity contribution < 1.29 is 0 Å². The van der Waals surface area contributed by atoms with Crippen LogP contribution >= 0.6 is 23.2 Å². The third-order valence-electron chi connectivity index (χ3n) is 9.63. The lowest BCUT2D eigenvalue weighted by molar-refractivity contribution is 0.553. The van der Waals surface area contributed by atoms with Crippen LogP contribution in [0.2, 0.25) is 10.0 Å². The number of halogens is 2. The fraction of sp³-hybridized carbons (Fsp3) is 0.143. The first-order valence-electron chi connectivity index (χ1n) is 16.5. The van der Waals surface area contributed by atoms with Gasteiger partial charge in [-0.25, -0.2) is 0 Å². The predicted molar refractivity (Wildman–Crippen MR) is 197 cm³/mol. The summed E-state index contributed by atoms with van der Waals surface area (Å²) in [4.78, 5) is 0. The summed E-state index contributed by atoms with van der Waals surface area (Å²) in [5.74, 6) is 0. The third kappa shape index (κ3) is 6.20. The highest BCUT2D eigenvalue weighted by molar-refractivity contribution is 6.31. The molecular weight excluding hydrogens is 631 g/mol. The zero-order valence-electron chi connectivity index (χ0n) is 26.2. The second kappa shape index (κ2) is 13.7. The van der Waals surface area contributed by atoms with Gasteiger partial charge in [-0.05, 0) is 57.6 Å². The van der Waals surface area contributed by atoms with Gasteiger partial charge in [-0.3, -0.25) is 21.3 Å². The fourth-order valence-electron chi connectivity index (χ4n) is 7.28. The molecule has 6 heteroatoms. The van der Waals surface area contributed by atoms with E-state index in [1.54, 1.807) is 0 Å². The Balaban J connectivity index is 1.13. The molecule has 8 rings (SSSR count). The summed E-state index contributed by atoms with van der Waals surface area (Å²) in [6, 6.07) is 55.4. The van der Waals surface area contributed by atoms with Crippen LogP contribution in [-0.4, -0.2) is 0 Å². The molecule has 6 aromatic rings. The summed E-state index contributed by atoms with van der Waals surface area (Å²) < 4.78 is 0. The van der Waals surface area contributed by atoms with Gasteiger partial charge in [-0.2, -0.15) is 0 Å². The van der Waals surface area contributed by atoms with Gasteiger partial charge in [0, 0.05) is 21.2 Å². The Hall–Kier alpha value is -4.26. The van der Waals surface area contributed by atoms with Gasteiger partial charge in [0.2, 0.25) is 0 Å². The van der Waals surface area contributed by atoms with Gasteiger partial charge < -0.3 is 0 Å². The van der Waals surface area contributed by atoms with Gasteiger partial charge in [0.25, 0.3) is 0 Å². The smallest absolute Gasteiger partial charge is 0.0860 e. The largest absolute Gasteiger partial charge is 0.289 e. The van der Waals surface area contributed by atoms with E-state index in [1.807, 2.05) is 36.4 Å². The van der Waals surface area contributed by atoms with E-state index in [9.17, 15) is 0 Å². The van der Waals surface area contributed by atoms with E-state index in [2.05, 4.69) is 143 Å². The van der Waals surface area contributed by atoms with E-state index in [-0.39, 0.29) is 36.5 Å². The number of rotatable bonds is 7. The van der Waals surface area contributed by atoms with Crippen LogP contribution in [0, 0.1) is 0 Å². The standard InChI is InChI=1S/C42H36Cl2N4/c43-35-23-9-7-21-33(35)41-45-37(27-13-3-1-4-14-27)39(47-41)31-19-11-17-29(25-31)30-18-12-20-32(26-30)40-38(28-15-5-2-6-16-28)46-42(48-40)34-22-8-10-24-36(34)44/h1-26,37-42,45-48H. The number of hydrogen-bond acceptors (Lipinski definition) is 4. The van der Waals surface area contributed by atoms with Crippen molar-refractivity contribution >= 4 is 23.2 Å². The number of hydrogen-bond donors (Lipinski definition) is 4. The molecule has 0 bridgehead atoms. The molecule has 2 saturated heterocycles. The summed E-state index contributed by atoms with van der Waals surface area (Å²) in [5, 5.41) is 16.9. The van der Waals surface area contributed by atoms with Gasteiger partial charge in [0.05, 0.1) is 36.5 Å². The molecule has 0 amide bonds. The molecule has 4 nitrogen and oxygen atoms in total. The van der Waals surface area contributed by atoms with Crippen molar-refractivity contribution in [3.63, 3.8) is 0 Å². The minimum Gasteiger partial charge on any atom is -0.289 e. The van der Waals surface area contributed by atoms with Crippen LogP contribution in [-0.2, 0) is 0 Å². The van der Waals surface area contributed by atoms with Crippen molar-refractivity contribution in [1.29, 1.82) is 0 Å². The van der Waals surface area contributed by atoms with Crippen LogP contribution in [0.5, 0.6) is 0 Å². The maximum atomic E-state index is 6.67. The van der Waals surface area contributed by atoms with Crippen molar-refractivity contribution in [2.24, 2.45) is 0 Å². The summed E-state index contributed by atoms with van der Waals surface area (Å²) in [6.07, 6.45) is -0.161. The van der Waals surface area contributed by atoms with E-state index < -0.39 is 0 Å². The van der Waals surface area contributed by atoms with Crippen LogP contribution in [0.25, 0.3) is 11.1 Å². The lowest BCUT2D eigenvalue weighted by atomic mass is 9.90. The first-order chi connectivity index (χ1) is 23.6. The molecule has 238 valence electrons. The zero-order chi connectivity index (χ0) is 32.5. The molecule has 0 saturated carbocycles. The van der Waals surface area contributed by atoms with E-state index in [4.69, 9.17) is 23.2 Å². The molecule has 6 aromatic carbocycles. The Morgan fingerprint density at radius 2 is 0.667 bits per heavy atom. The predicted octanol–water partition coefficient (Wildman–Crippen LogP) is 10.0. The van der Waals surface area contributed by atoms with Crippen LogP contribution in [0.3, 0.4) is 0 Å². The van der Waals surface area contributed by atoms with Gasteiger partial charge in [-0.1, -0.05) is 157 Å². The first kappa shape index (κ1) is 31.0. The minimum absolute atomic E-state index is 0.0383. The normalized spacial score (nSPS) is 23.7. The second-order valence-corrected chi connectivity index (χ2v) is 13.4. The molecule has 2 aliphatic heterocycles. The van der Waals surface area contributed by atoms with Gasteiger partial charge in [0.1, 0.15) is 0 Å². The first-order valence-corrected chi connectivity index (χ1v) is 17.2. The maximum absolute atomic E-state index is 6.67. The fourth-order valence-corrected chi connectivity index (χ4v) is 7.77. The Morgan fingerprint density at radius 1 is 0.333 bits per heavy atom. The monoisotopic (exact) mass is 666 g/mol. The van der Waals surface area contributed by atoms with Crippen molar-refractivity contribution in [3.05, 3.63) is 201 Å². The summed E-state index contributed by atoms with van der Waals surface area (Å²) in [6.45, 7) is 0. The average Bonchev–Trinajstić information content (AvgIpc) is 3.79. The summed E-state index contributed by atoms with van der Waals surface area (Å²) >= 11 is 13.3. The molecule has 2 heterocycles. The quantitative estimate of drug-likeness (QED) is 0.137. The Bertz CT molecular complexity index is 1870. The molecule has 6 unspecified atom stereocenters. The molecule has 0 aromatic heterocycles. The lowest BCUT2D eigenvalue weighted by Crippen LogP contribution is -2.22. The molecule has 0 aliphatic carbocycles. The van der Waals surface area contributed by atoms with Crippen LogP contribution in [0.1, 0.15) is 69.9 Å². The van der Waals surface area contributed by atoms with Crippen molar-refractivity contribution in [2.45, 2.75) is 36.5 Å². The molecule has 48 heavy (non-hydrogen) atoms. The van der Waals surface area contributed by atoms with Crippen molar-refractivity contribution in [3.8, 4) is 11.1 Å². The molecule has 2 aliphatic rings. The second-order valence-electron chi connectivity index (χ2n) is 12.6. The zero-order valence-corrected chi connectivity index (χ0v) is 27.7. The number of benzene rings is 6. The highest BCUT2D eigenvalue weighted by atomic mass is 35.5. The van der Waals surface area contributed by atoms with Crippen molar-refractivity contribution in [1.82, 2.24) is 21.3 Å². The highest BCUT2D eigenvalue weighted by Crippen LogP contribution is 2.42. The van der Waals surface area contributed by atoms with E-state index in [1.165, 1.54) is 33.4 Å². The highest BCUT2D eigenvalue weighted by Gasteiger charge is 2.38. The molecule has 0 spiro atoms.